The van der Waals surface area contributed by atoms with Crippen molar-refractivity contribution in [1.82, 2.24) is 0 Å². The van der Waals surface area contributed by atoms with Crippen LogP contribution >= 0.6 is 0 Å². The normalized spacial score (nSPS) is 23.6. The molecule has 0 saturated carbocycles. The van der Waals surface area contributed by atoms with Crippen LogP contribution in [0.3, 0.4) is 0 Å². The van der Waals surface area contributed by atoms with E-state index >= 15 is 0 Å². The van der Waals surface area contributed by atoms with E-state index in [9.17, 15) is 24.8 Å². The number of amides is 1. The maximum absolute atomic E-state index is 13.0. The molecule has 1 aliphatic carbocycles. The Balaban J connectivity index is 2.27. The zero-order valence-corrected chi connectivity index (χ0v) is 15.6. The van der Waals surface area contributed by atoms with Crippen LogP contribution in [-0.4, -0.2) is 33.7 Å². The molecule has 0 saturated heterocycles. The molecule has 1 aromatic carbocycles. The molecule has 0 spiro atoms. The lowest BCUT2D eigenvalue weighted by Gasteiger charge is -2.42. The van der Waals surface area contributed by atoms with Gasteiger partial charge in [0.05, 0.1) is 16.2 Å². The highest BCUT2D eigenvalue weighted by Gasteiger charge is 2.51. The van der Waals surface area contributed by atoms with Gasteiger partial charge in [0.1, 0.15) is 11.6 Å². The van der Waals surface area contributed by atoms with Crippen LogP contribution < -0.4 is 4.90 Å². The summed E-state index contributed by atoms with van der Waals surface area (Å²) in [5.41, 5.74) is 0.279. The largest absolute Gasteiger partial charge is 0.480 e. The number of carboxylic acid groups (broad SMARTS) is 1. The molecule has 0 unspecified atom stereocenters. The van der Waals surface area contributed by atoms with Crippen LogP contribution in [0.4, 0.5) is 16.2 Å². The number of ether oxygens (including phenoxy) is 1. The highest BCUT2D eigenvalue weighted by Crippen LogP contribution is 2.52. The molecule has 0 radical (unpaired) electrons. The Labute approximate surface area is 156 Å². The second-order valence-corrected chi connectivity index (χ2v) is 7.91. The summed E-state index contributed by atoms with van der Waals surface area (Å²) in [5, 5.41) is 21.5. The Bertz CT molecular complexity index is 854. The summed E-state index contributed by atoms with van der Waals surface area (Å²) in [6.45, 7) is 6.76. The molecule has 1 amide bonds. The van der Waals surface area contributed by atoms with Crippen LogP contribution in [0.5, 0.6) is 0 Å². The number of fused-ring (bicyclic) bond motifs is 3. The third kappa shape index (κ3) is 3.15. The van der Waals surface area contributed by atoms with Gasteiger partial charge in [-0.2, -0.15) is 0 Å². The van der Waals surface area contributed by atoms with Crippen molar-refractivity contribution in [2.75, 3.05) is 4.90 Å². The molecule has 0 fully saturated rings. The number of carboxylic acids is 1. The lowest BCUT2D eigenvalue weighted by Crippen LogP contribution is -2.55. The number of nitro benzene ring substituents is 1. The van der Waals surface area contributed by atoms with Crippen molar-refractivity contribution in [2.45, 2.75) is 51.7 Å². The Morgan fingerprint density at radius 1 is 1.33 bits per heavy atom. The number of benzene rings is 1. The van der Waals surface area contributed by atoms with E-state index in [1.807, 2.05) is 6.08 Å². The molecule has 8 nitrogen and oxygen atoms in total. The highest BCUT2D eigenvalue weighted by molar-refractivity contribution is 5.99. The predicted octanol–water partition coefficient (Wildman–Crippen LogP) is 3.77. The lowest BCUT2D eigenvalue weighted by atomic mass is 9.76. The van der Waals surface area contributed by atoms with E-state index in [1.54, 1.807) is 33.8 Å². The molecule has 0 bridgehead atoms. The van der Waals surface area contributed by atoms with E-state index in [0.717, 1.165) is 4.90 Å². The zero-order chi connectivity index (χ0) is 20.1. The number of aryl methyl sites for hydroxylation is 1. The molecular weight excluding hydrogens is 352 g/mol. The SMILES string of the molecule is Cc1ccc([N+](=O)[O-])c2c1N(C(=O)OC(C)(C)C)[C@H](C(=O)O)[C@@H]1CC=C[C@H]21. The number of rotatable bonds is 2. The molecule has 27 heavy (non-hydrogen) atoms. The number of hydrogen-bond donors (Lipinski definition) is 1. The summed E-state index contributed by atoms with van der Waals surface area (Å²) in [4.78, 5) is 37.3. The van der Waals surface area contributed by atoms with Crippen LogP contribution in [0.2, 0.25) is 0 Å². The number of anilines is 1. The Kier molecular flexibility index (Phi) is 4.45. The van der Waals surface area contributed by atoms with Gasteiger partial charge in [0, 0.05) is 17.9 Å². The first-order valence-electron chi connectivity index (χ1n) is 8.72. The minimum absolute atomic E-state index is 0.116. The minimum atomic E-state index is -1.16. The fraction of sp³-hybridized carbons (Fsp3) is 0.474. The van der Waals surface area contributed by atoms with Gasteiger partial charge >= 0.3 is 12.1 Å². The summed E-state index contributed by atoms with van der Waals surface area (Å²) in [5.74, 6) is -2.07. The number of carbonyl (C=O) groups is 2. The average Bonchev–Trinajstić information content (AvgIpc) is 3.00. The molecule has 3 rings (SSSR count). The molecule has 8 heteroatoms. The maximum Gasteiger partial charge on any atom is 0.415 e. The number of carbonyl (C=O) groups excluding carboxylic acids is 1. The number of nitrogens with zero attached hydrogens (tertiary/aromatic N) is 2. The van der Waals surface area contributed by atoms with Crippen LogP contribution in [-0.2, 0) is 9.53 Å². The van der Waals surface area contributed by atoms with Gasteiger partial charge < -0.3 is 9.84 Å². The van der Waals surface area contributed by atoms with Crippen molar-refractivity contribution >= 4 is 23.4 Å². The highest BCUT2D eigenvalue weighted by atomic mass is 16.6. The fourth-order valence-electron chi connectivity index (χ4n) is 3.96. The van der Waals surface area contributed by atoms with Gasteiger partial charge in [-0.15, -0.1) is 0 Å². The van der Waals surface area contributed by atoms with E-state index in [-0.39, 0.29) is 11.4 Å². The second-order valence-electron chi connectivity index (χ2n) is 7.91. The molecule has 2 aliphatic rings. The smallest absolute Gasteiger partial charge is 0.415 e. The number of hydrogen-bond acceptors (Lipinski definition) is 5. The van der Waals surface area contributed by atoms with Crippen molar-refractivity contribution < 1.29 is 24.4 Å². The first-order valence-corrected chi connectivity index (χ1v) is 8.72. The van der Waals surface area contributed by atoms with Gasteiger partial charge in [0.25, 0.3) is 5.69 Å². The number of nitro groups is 1. The number of allylic oxidation sites excluding steroid dienone is 2. The van der Waals surface area contributed by atoms with Crippen molar-refractivity contribution in [2.24, 2.45) is 5.92 Å². The average molecular weight is 374 g/mol. The molecule has 1 aliphatic heterocycles. The van der Waals surface area contributed by atoms with Crippen LogP contribution in [0.15, 0.2) is 24.3 Å². The fourth-order valence-corrected chi connectivity index (χ4v) is 3.96. The Morgan fingerprint density at radius 2 is 2.00 bits per heavy atom. The summed E-state index contributed by atoms with van der Waals surface area (Å²) in [6, 6.07) is 1.78. The molecule has 3 atom stereocenters. The first-order chi connectivity index (χ1) is 12.5. The molecule has 1 aromatic rings. The third-order valence-corrected chi connectivity index (χ3v) is 4.91. The summed E-state index contributed by atoms with van der Waals surface area (Å²) in [7, 11) is 0. The third-order valence-electron chi connectivity index (χ3n) is 4.91. The molecule has 0 aromatic heterocycles. The van der Waals surface area contributed by atoms with Gasteiger partial charge in [-0.05, 0) is 39.7 Å². The molecule has 144 valence electrons. The Hall–Kier alpha value is -2.90. The predicted molar refractivity (Wildman–Crippen MR) is 98.0 cm³/mol. The van der Waals surface area contributed by atoms with E-state index in [2.05, 4.69) is 0 Å². The molecule has 1 heterocycles. The van der Waals surface area contributed by atoms with Gasteiger partial charge in [-0.3, -0.25) is 15.0 Å². The van der Waals surface area contributed by atoms with Crippen LogP contribution in [0.1, 0.15) is 44.2 Å². The second kappa shape index (κ2) is 6.37. The summed E-state index contributed by atoms with van der Waals surface area (Å²) < 4.78 is 5.45. The maximum atomic E-state index is 13.0. The molecule has 1 N–H and O–H groups in total. The van der Waals surface area contributed by atoms with Crippen molar-refractivity contribution in [3.8, 4) is 0 Å². The topological polar surface area (TPSA) is 110 Å². The van der Waals surface area contributed by atoms with E-state index < -0.39 is 40.5 Å². The van der Waals surface area contributed by atoms with E-state index in [4.69, 9.17) is 4.74 Å². The monoisotopic (exact) mass is 374 g/mol. The quantitative estimate of drug-likeness (QED) is 0.479. The van der Waals surface area contributed by atoms with Gasteiger partial charge in [0.2, 0.25) is 0 Å². The Morgan fingerprint density at radius 3 is 2.56 bits per heavy atom. The van der Waals surface area contributed by atoms with Gasteiger partial charge in [-0.1, -0.05) is 18.2 Å². The van der Waals surface area contributed by atoms with E-state index in [0.29, 0.717) is 17.5 Å². The zero-order valence-electron chi connectivity index (χ0n) is 15.6. The van der Waals surface area contributed by atoms with Crippen molar-refractivity contribution in [3.05, 3.63) is 45.5 Å². The number of aliphatic carboxylic acids is 1. The van der Waals surface area contributed by atoms with Crippen LogP contribution in [0.25, 0.3) is 0 Å². The summed E-state index contributed by atoms with van der Waals surface area (Å²) >= 11 is 0. The lowest BCUT2D eigenvalue weighted by molar-refractivity contribution is -0.385. The standard InChI is InChI=1S/C19H22N2O6/c1-10-8-9-13(21(25)26)14-11-6-5-7-12(11)16(17(22)23)20(15(10)14)18(24)27-19(2,3)4/h5-6,8-9,11-12,16H,7H2,1-4H3,(H,22,23)/t11-,12+,16-/m0/s1. The summed E-state index contributed by atoms with van der Waals surface area (Å²) in [6.07, 6.45) is 3.23. The first kappa shape index (κ1) is 18.9. The minimum Gasteiger partial charge on any atom is -0.480 e. The van der Waals surface area contributed by atoms with E-state index in [1.165, 1.54) is 12.1 Å². The van der Waals surface area contributed by atoms with Crippen LogP contribution in [0, 0.1) is 23.0 Å². The molecular formula is C19H22N2O6. The van der Waals surface area contributed by atoms with Gasteiger partial charge in [0.15, 0.2) is 0 Å². The van der Waals surface area contributed by atoms with Crippen molar-refractivity contribution in [1.29, 1.82) is 0 Å². The van der Waals surface area contributed by atoms with Crippen molar-refractivity contribution in [3.63, 3.8) is 0 Å². The van der Waals surface area contributed by atoms with Gasteiger partial charge in [-0.25, -0.2) is 9.59 Å².